The number of benzene rings is 1. The number of Topliss-reactive ketones (excluding diaryl/α,β-unsaturated/α-hetero) is 1. The first-order valence-corrected chi connectivity index (χ1v) is 12.1. The maximum atomic E-state index is 13.6. The fraction of sp³-hybridized carbons (Fsp3) is 0.478. The summed E-state index contributed by atoms with van der Waals surface area (Å²) in [6.07, 6.45) is 3.53. The van der Waals surface area contributed by atoms with E-state index >= 15 is 0 Å². The zero-order valence-electron chi connectivity index (χ0n) is 18.5. The molecule has 0 amide bonds. The standard InChI is InChI=1S/C23H27BrN6O3/c1-27-20-19(21(32)30(23(27)33)13-18(31)14-8-9-14)29(11-15-5-2-3-7-17(15)24)22(26-20)28-10-4-6-16(25)12-28/h2-3,5,7,14,16H,4,6,8-13,25H2,1H3. The molecule has 3 heterocycles. The number of imidazole rings is 1. The van der Waals surface area contributed by atoms with Crippen LogP contribution in [0.25, 0.3) is 11.2 Å². The minimum Gasteiger partial charge on any atom is -0.341 e. The van der Waals surface area contributed by atoms with Gasteiger partial charge in [0.1, 0.15) is 0 Å². The lowest BCUT2D eigenvalue weighted by atomic mass is 10.1. The van der Waals surface area contributed by atoms with Crippen molar-refractivity contribution in [3.05, 3.63) is 55.1 Å². The van der Waals surface area contributed by atoms with E-state index in [0.29, 0.717) is 30.2 Å². The number of carbonyl (C=O) groups is 1. The molecule has 0 spiro atoms. The lowest BCUT2D eigenvalue weighted by Crippen LogP contribution is -2.44. The molecule has 1 saturated heterocycles. The van der Waals surface area contributed by atoms with Crippen LogP contribution in [0.2, 0.25) is 0 Å². The zero-order chi connectivity index (χ0) is 23.3. The minimum atomic E-state index is -0.520. The number of nitrogens with two attached hydrogens (primary N) is 1. The highest BCUT2D eigenvalue weighted by Crippen LogP contribution is 2.30. The third kappa shape index (κ3) is 4.06. The number of anilines is 1. The molecule has 2 aliphatic rings. The molecule has 1 aliphatic carbocycles. The van der Waals surface area contributed by atoms with E-state index in [1.165, 1.54) is 4.57 Å². The summed E-state index contributed by atoms with van der Waals surface area (Å²) in [5.41, 5.74) is 6.86. The topological polar surface area (TPSA) is 108 Å². The first-order chi connectivity index (χ1) is 15.8. The van der Waals surface area contributed by atoms with Crippen LogP contribution in [0, 0.1) is 5.92 Å². The normalized spacial score (nSPS) is 18.8. The Labute approximate surface area is 198 Å². The molecule has 174 valence electrons. The van der Waals surface area contributed by atoms with E-state index in [2.05, 4.69) is 20.8 Å². The van der Waals surface area contributed by atoms with Gasteiger partial charge in [-0.15, -0.1) is 0 Å². The minimum absolute atomic E-state index is 0.0205. The Kier molecular flexibility index (Phi) is 5.74. The molecule has 1 unspecified atom stereocenters. The van der Waals surface area contributed by atoms with Gasteiger partial charge in [0.15, 0.2) is 16.9 Å². The molecule has 3 aromatic rings. The lowest BCUT2D eigenvalue weighted by molar-refractivity contribution is -0.120. The van der Waals surface area contributed by atoms with Crippen molar-refractivity contribution >= 4 is 38.8 Å². The first-order valence-electron chi connectivity index (χ1n) is 11.3. The second-order valence-electron chi connectivity index (χ2n) is 9.08. The average molecular weight is 515 g/mol. The van der Waals surface area contributed by atoms with Crippen LogP contribution in [-0.2, 0) is 24.9 Å². The van der Waals surface area contributed by atoms with Gasteiger partial charge in [-0.2, -0.15) is 4.98 Å². The fourth-order valence-corrected chi connectivity index (χ4v) is 4.98. The molecular formula is C23H27BrN6O3. The molecule has 1 saturated carbocycles. The highest BCUT2D eigenvalue weighted by molar-refractivity contribution is 9.10. The monoisotopic (exact) mass is 514 g/mol. The van der Waals surface area contributed by atoms with Crippen LogP contribution in [-0.4, -0.2) is 43.6 Å². The molecule has 1 atom stereocenters. The van der Waals surface area contributed by atoms with E-state index in [0.717, 1.165) is 46.8 Å². The number of fused-ring (bicyclic) bond motifs is 1. The summed E-state index contributed by atoms with van der Waals surface area (Å²) in [7, 11) is 1.60. The Bertz CT molecular complexity index is 1350. The van der Waals surface area contributed by atoms with Crippen LogP contribution in [0.1, 0.15) is 31.2 Å². The summed E-state index contributed by atoms with van der Waals surface area (Å²) >= 11 is 3.60. The highest BCUT2D eigenvalue weighted by atomic mass is 79.9. The number of carbonyl (C=O) groups excluding carboxylic acids is 1. The number of halogens is 1. The molecule has 0 radical (unpaired) electrons. The fourth-order valence-electron chi connectivity index (χ4n) is 4.57. The predicted octanol–water partition coefficient (Wildman–Crippen LogP) is 1.61. The maximum Gasteiger partial charge on any atom is 0.332 e. The number of hydrogen-bond donors (Lipinski definition) is 1. The lowest BCUT2D eigenvalue weighted by Gasteiger charge is -2.32. The Morgan fingerprint density at radius 1 is 1.18 bits per heavy atom. The van der Waals surface area contributed by atoms with Crippen molar-refractivity contribution in [3.8, 4) is 0 Å². The zero-order valence-corrected chi connectivity index (χ0v) is 20.1. The number of nitrogens with zero attached hydrogens (tertiary/aromatic N) is 5. The van der Waals surface area contributed by atoms with Gasteiger partial charge in [-0.25, -0.2) is 4.79 Å². The van der Waals surface area contributed by atoms with E-state index in [9.17, 15) is 14.4 Å². The van der Waals surface area contributed by atoms with Crippen LogP contribution >= 0.6 is 15.9 Å². The number of rotatable bonds is 6. The molecule has 2 N–H and O–H groups in total. The van der Waals surface area contributed by atoms with Crippen molar-refractivity contribution < 1.29 is 4.79 Å². The largest absolute Gasteiger partial charge is 0.341 e. The third-order valence-electron chi connectivity index (χ3n) is 6.59. The van der Waals surface area contributed by atoms with Gasteiger partial charge in [0, 0.05) is 36.6 Å². The van der Waals surface area contributed by atoms with Gasteiger partial charge in [0.25, 0.3) is 5.56 Å². The third-order valence-corrected chi connectivity index (χ3v) is 7.36. The SMILES string of the molecule is Cn1c(=O)n(CC(=O)C2CC2)c(=O)c2c1nc(N1CCCC(N)C1)n2Cc1ccccc1Br. The van der Waals surface area contributed by atoms with Gasteiger partial charge < -0.3 is 10.6 Å². The molecule has 2 fully saturated rings. The molecule has 1 aromatic carbocycles. The van der Waals surface area contributed by atoms with E-state index < -0.39 is 11.2 Å². The van der Waals surface area contributed by atoms with Crippen LogP contribution in [0.15, 0.2) is 38.3 Å². The molecule has 1 aliphatic heterocycles. The summed E-state index contributed by atoms with van der Waals surface area (Å²) < 4.78 is 5.23. The van der Waals surface area contributed by atoms with E-state index in [4.69, 9.17) is 10.7 Å². The summed E-state index contributed by atoms with van der Waals surface area (Å²) in [5, 5.41) is 0. The van der Waals surface area contributed by atoms with Gasteiger partial charge in [-0.3, -0.25) is 23.3 Å². The van der Waals surface area contributed by atoms with Crippen molar-refractivity contribution in [1.29, 1.82) is 0 Å². The Morgan fingerprint density at radius 3 is 2.64 bits per heavy atom. The molecule has 10 heteroatoms. The van der Waals surface area contributed by atoms with Crippen LogP contribution in [0.4, 0.5) is 5.95 Å². The number of aromatic nitrogens is 4. The summed E-state index contributed by atoms with van der Waals surface area (Å²) in [5.74, 6) is 0.523. The predicted molar refractivity (Wildman–Crippen MR) is 130 cm³/mol. The maximum absolute atomic E-state index is 13.6. The second kappa shape index (κ2) is 8.57. The van der Waals surface area contributed by atoms with Gasteiger partial charge in [0.2, 0.25) is 5.95 Å². The van der Waals surface area contributed by atoms with Crippen LogP contribution in [0.5, 0.6) is 0 Å². The van der Waals surface area contributed by atoms with E-state index in [1.54, 1.807) is 7.05 Å². The van der Waals surface area contributed by atoms with Crippen molar-refractivity contribution in [3.63, 3.8) is 0 Å². The number of ketones is 1. The highest BCUT2D eigenvalue weighted by Gasteiger charge is 2.31. The Hall–Kier alpha value is -2.72. The second-order valence-corrected chi connectivity index (χ2v) is 9.94. The first kappa shape index (κ1) is 22.1. The van der Waals surface area contributed by atoms with Crippen molar-refractivity contribution in [1.82, 2.24) is 18.7 Å². The van der Waals surface area contributed by atoms with E-state index in [-0.39, 0.29) is 24.3 Å². The number of piperidine rings is 1. The van der Waals surface area contributed by atoms with Crippen LogP contribution in [0.3, 0.4) is 0 Å². The van der Waals surface area contributed by atoms with Gasteiger partial charge >= 0.3 is 5.69 Å². The van der Waals surface area contributed by atoms with Gasteiger partial charge in [-0.05, 0) is 37.3 Å². The number of hydrogen-bond acceptors (Lipinski definition) is 6. The number of aryl methyl sites for hydroxylation is 1. The molecule has 5 rings (SSSR count). The molecule has 2 aromatic heterocycles. The summed E-state index contributed by atoms with van der Waals surface area (Å²) in [6, 6.07) is 7.83. The van der Waals surface area contributed by atoms with Crippen molar-refractivity contribution in [2.45, 2.75) is 44.8 Å². The van der Waals surface area contributed by atoms with Crippen molar-refractivity contribution in [2.75, 3.05) is 18.0 Å². The summed E-state index contributed by atoms with van der Waals surface area (Å²) in [6.45, 7) is 1.59. The van der Waals surface area contributed by atoms with Crippen molar-refractivity contribution in [2.24, 2.45) is 18.7 Å². The molecule has 0 bridgehead atoms. The Balaban J connectivity index is 1.72. The summed E-state index contributed by atoms with van der Waals surface area (Å²) in [4.78, 5) is 46.0. The quantitative estimate of drug-likeness (QED) is 0.535. The molecule has 33 heavy (non-hydrogen) atoms. The van der Waals surface area contributed by atoms with Gasteiger partial charge in [-0.1, -0.05) is 34.1 Å². The Morgan fingerprint density at radius 2 is 1.94 bits per heavy atom. The average Bonchev–Trinajstić information content (AvgIpc) is 3.58. The van der Waals surface area contributed by atoms with Crippen LogP contribution < -0.4 is 21.9 Å². The smallest absolute Gasteiger partial charge is 0.332 e. The molecule has 9 nitrogen and oxygen atoms in total. The molecular weight excluding hydrogens is 488 g/mol. The van der Waals surface area contributed by atoms with E-state index in [1.807, 2.05) is 28.8 Å². The van der Waals surface area contributed by atoms with Gasteiger partial charge in [0.05, 0.1) is 13.1 Å².